The van der Waals surface area contributed by atoms with Crippen molar-refractivity contribution >= 4 is 27.7 Å². The molecule has 1 atom stereocenters. The summed E-state index contributed by atoms with van der Waals surface area (Å²) in [5, 5.41) is 5.80. The summed E-state index contributed by atoms with van der Waals surface area (Å²) in [6, 6.07) is 16.8. The van der Waals surface area contributed by atoms with E-state index in [1.165, 1.54) is 0 Å². The molecule has 0 aliphatic rings. The minimum atomic E-state index is -0.113. The van der Waals surface area contributed by atoms with Gasteiger partial charge in [0.05, 0.1) is 6.04 Å². The summed E-state index contributed by atoms with van der Waals surface area (Å²) in [6.07, 6.45) is 0.983. The first kappa shape index (κ1) is 18.2. The van der Waals surface area contributed by atoms with Crippen molar-refractivity contribution in [1.29, 1.82) is 0 Å². The van der Waals surface area contributed by atoms with Crippen LogP contribution in [0.5, 0.6) is 0 Å². The highest BCUT2D eigenvalue weighted by molar-refractivity contribution is 9.10. The van der Waals surface area contributed by atoms with Crippen LogP contribution in [0, 0.1) is 0 Å². The van der Waals surface area contributed by atoms with Gasteiger partial charge < -0.3 is 10.6 Å². The van der Waals surface area contributed by atoms with E-state index in [9.17, 15) is 9.59 Å². The van der Waals surface area contributed by atoms with Gasteiger partial charge in [-0.3, -0.25) is 9.59 Å². The third-order valence-electron chi connectivity index (χ3n) is 3.65. The van der Waals surface area contributed by atoms with E-state index in [1.54, 1.807) is 12.1 Å². The second-order valence-electron chi connectivity index (χ2n) is 5.54. The molecule has 24 heavy (non-hydrogen) atoms. The summed E-state index contributed by atoms with van der Waals surface area (Å²) >= 11 is 3.49. The van der Waals surface area contributed by atoms with Crippen molar-refractivity contribution in [1.82, 2.24) is 10.6 Å². The van der Waals surface area contributed by atoms with Crippen LogP contribution in [-0.2, 0) is 4.79 Å². The number of nitrogens with one attached hydrogen (secondary N) is 2. The average molecular weight is 389 g/mol. The third kappa shape index (κ3) is 5.49. The number of hydrogen-bond acceptors (Lipinski definition) is 2. The molecule has 5 heteroatoms. The lowest BCUT2D eigenvalue weighted by atomic mass is 10.1. The molecule has 2 aromatic rings. The molecule has 0 heterocycles. The normalized spacial score (nSPS) is 11.6. The molecule has 0 spiro atoms. The summed E-state index contributed by atoms with van der Waals surface area (Å²) in [5.74, 6) is -0.134. The van der Waals surface area contributed by atoms with Gasteiger partial charge in [-0.05, 0) is 37.1 Å². The van der Waals surface area contributed by atoms with Gasteiger partial charge in [0, 0.05) is 23.0 Å². The summed E-state index contributed by atoms with van der Waals surface area (Å²) in [7, 11) is 0. The first-order chi connectivity index (χ1) is 11.6. The predicted octanol–water partition coefficient (Wildman–Crippen LogP) is 3.84. The topological polar surface area (TPSA) is 58.2 Å². The van der Waals surface area contributed by atoms with Gasteiger partial charge in [-0.25, -0.2) is 0 Å². The van der Waals surface area contributed by atoms with E-state index in [2.05, 4.69) is 26.6 Å². The Hall–Kier alpha value is -2.14. The Morgan fingerprint density at radius 1 is 1.04 bits per heavy atom. The highest BCUT2D eigenvalue weighted by atomic mass is 79.9. The van der Waals surface area contributed by atoms with E-state index in [0.717, 1.165) is 10.0 Å². The number of carbonyl (C=O) groups excluding carboxylic acids is 2. The van der Waals surface area contributed by atoms with Crippen LogP contribution in [0.15, 0.2) is 59.1 Å². The predicted molar refractivity (Wildman–Crippen MR) is 98.7 cm³/mol. The maximum Gasteiger partial charge on any atom is 0.251 e. The molecular weight excluding hydrogens is 368 g/mol. The van der Waals surface area contributed by atoms with Crippen molar-refractivity contribution in [2.24, 2.45) is 0 Å². The lowest BCUT2D eigenvalue weighted by molar-refractivity contribution is -0.121. The molecule has 2 aromatic carbocycles. The molecule has 0 aliphatic heterocycles. The van der Waals surface area contributed by atoms with E-state index < -0.39 is 0 Å². The van der Waals surface area contributed by atoms with Gasteiger partial charge in [0.2, 0.25) is 5.91 Å². The maximum atomic E-state index is 12.0. The lowest BCUT2D eigenvalue weighted by Crippen LogP contribution is -2.29. The van der Waals surface area contributed by atoms with Gasteiger partial charge >= 0.3 is 0 Å². The van der Waals surface area contributed by atoms with E-state index in [0.29, 0.717) is 24.9 Å². The molecule has 0 bridgehead atoms. The van der Waals surface area contributed by atoms with Gasteiger partial charge in [0.1, 0.15) is 0 Å². The number of amides is 2. The Labute approximate surface area is 150 Å². The molecule has 0 fully saturated rings. The summed E-state index contributed by atoms with van der Waals surface area (Å²) in [4.78, 5) is 23.9. The standard InChI is InChI=1S/C19H21BrN2O2/c1-14(16-10-5-6-11-17(16)20)22-18(23)12-7-13-21-19(24)15-8-3-2-4-9-15/h2-6,8-11,14H,7,12-13H2,1H3,(H,21,24)(H,22,23). The SMILES string of the molecule is CC(NC(=O)CCCNC(=O)c1ccccc1)c1ccccc1Br. The Kier molecular flexibility index (Phi) is 7.00. The van der Waals surface area contributed by atoms with E-state index in [1.807, 2.05) is 49.4 Å². The third-order valence-corrected chi connectivity index (χ3v) is 4.37. The number of hydrogen-bond donors (Lipinski definition) is 2. The van der Waals surface area contributed by atoms with Gasteiger partial charge in [-0.2, -0.15) is 0 Å². The average Bonchev–Trinajstić information content (AvgIpc) is 2.59. The van der Waals surface area contributed by atoms with Crippen LogP contribution in [0.1, 0.15) is 41.7 Å². The van der Waals surface area contributed by atoms with Crippen molar-refractivity contribution in [2.75, 3.05) is 6.54 Å². The van der Waals surface area contributed by atoms with Crippen LogP contribution in [0.4, 0.5) is 0 Å². The van der Waals surface area contributed by atoms with Crippen LogP contribution < -0.4 is 10.6 Å². The van der Waals surface area contributed by atoms with Crippen LogP contribution in [0.25, 0.3) is 0 Å². The molecule has 0 saturated heterocycles. The second kappa shape index (κ2) is 9.23. The fraction of sp³-hybridized carbons (Fsp3) is 0.263. The molecule has 0 aliphatic carbocycles. The molecule has 2 N–H and O–H groups in total. The van der Waals surface area contributed by atoms with Gasteiger partial charge in [0.15, 0.2) is 0 Å². The zero-order valence-corrected chi connectivity index (χ0v) is 15.2. The first-order valence-electron chi connectivity index (χ1n) is 7.95. The molecule has 2 rings (SSSR count). The lowest BCUT2D eigenvalue weighted by Gasteiger charge is -2.16. The number of rotatable bonds is 7. The Morgan fingerprint density at radius 2 is 1.71 bits per heavy atom. The number of carbonyl (C=O) groups is 2. The molecule has 2 amide bonds. The number of halogens is 1. The largest absolute Gasteiger partial charge is 0.352 e. The fourth-order valence-corrected chi connectivity index (χ4v) is 2.99. The van der Waals surface area contributed by atoms with Gasteiger partial charge in [0.25, 0.3) is 5.91 Å². The quantitative estimate of drug-likeness (QED) is 0.707. The molecule has 4 nitrogen and oxygen atoms in total. The van der Waals surface area contributed by atoms with Gasteiger partial charge in [-0.1, -0.05) is 52.3 Å². The minimum absolute atomic E-state index is 0.0211. The summed E-state index contributed by atoms with van der Waals surface area (Å²) < 4.78 is 0.980. The summed E-state index contributed by atoms with van der Waals surface area (Å²) in [6.45, 7) is 2.43. The minimum Gasteiger partial charge on any atom is -0.352 e. The molecule has 0 saturated carbocycles. The molecular formula is C19H21BrN2O2. The van der Waals surface area contributed by atoms with Crippen LogP contribution in [0.3, 0.4) is 0 Å². The van der Waals surface area contributed by atoms with E-state index >= 15 is 0 Å². The zero-order valence-electron chi connectivity index (χ0n) is 13.6. The monoisotopic (exact) mass is 388 g/mol. The van der Waals surface area contributed by atoms with Crippen molar-refractivity contribution < 1.29 is 9.59 Å². The fourth-order valence-electron chi connectivity index (χ4n) is 2.36. The van der Waals surface area contributed by atoms with Crippen LogP contribution in [-0.4, -0.2) is 18.4 Å². The highest BCUT2D eigenvalue weighted by Gasteiger charge is 2.12. The first-order valence-corrected chi connectivity index (χ1v) is 8.74. The Balaban J connectivity index is 1.70. The molecule has 0 radical (unpaired) electrons. The summed E-state index contributed by atoms with van der Waals surface area (Å²) in [5.41, 5.74) is 1.67. The maximum absolute atomic E-state index is 12.0. The smallest absolute Gasteiger partial charge is 0.251 e. The van der Waals surface area contributed by atoms with Crippen molar-refractivity contribution in [3.8, 4) is 0 Å². The van der Waals surface area contributed by atoms with E-state index in [4.69, 9.17) is 0 Å². The number of benzene rings is 2. The van der Waals surface area contributed by atoms with Crippen molar-refractivity contribution in [2.45, 2.75) is 25.8 Å². The van der Waals surface area contributed by atoms with Crippen molar-refractivity contribution in [3.63, 3.8) is 0 Å². The second-order valence-corrected chi connectivity index (χ2v) is 6.39. The zero-order chi connectivity index (χ0) is 17.4. The van der Waals surface area contributed by atoms with Crippen LogP contribution >= 0.6 is 15.9 Å². The van der Waals surface area contributed by atoms with Crippen LogP contribution in [0.2, 0.25) is 0 Å². The molecule has 0 aromatic heterocycles. The van der Waals surface area contributed by atoms with Crippen molar-refractivity contribution in [3.05, 3.63) is 70.2 Å². The molecule has 1 unspecified atom stereocenters. The Bertz CT molecular complexity index is 689. The Morgan fingerprint density at radius 3 is 2.42 bits per heavy atom. The highest BCUT2D eigenvalue weighted by Crippen LogP contribution is 2.22. The van der Waals surface area contributed by atoms with E-state index in [-0.39, 0.29) is 17.9 Å². The molecule has 126 valence electrons. The van der Waals surface area contributed by atoms with Gasteiger partial charge in [-0.15, -0.1) is 0 Å².